The number of rotatable bonds is 5. The fraction of sp³-hybridized carbons (Fsp3) is 0.722. The number of nitrogens with zero attached hydrogens (tertiary/aromatic N) is 1. The molecule has 2 unspecified atom stereocenters. The van der Waals surface area contributed by atoms with Crippen LogP contribution in [0.3, 0.4) is 0 Å². The van der Waals surface area contributed by atoms with E-state index in [1.54, 1.807) is 11.3 Å². The molecule has 2 N–H and O–H groups in total. The first-order valence-corrected chi connectivity index (χ1v) is 9.55. The molecule has 1 aromatic heterocycles. The van der Waals surface area contributed by atoms with Crippen molar-refractivity contribution in [2.24, 2.45) is 16.3 Å². The molecule has 0 aromatic carbocycles. The maximum atomic E-state index is 6.07. The largest absolute Gasteiger partial charge is 0.377 e. The van der Waals surface area contributed by atoms with E-state index in [0.29, 0.717) is 12.0 Å². The third-order valence-corrected chi connectivity index (χ3v) is 5.01. The molecule has 23 heavy (non-hydrogen) atoms. The van der Waals surface area contributed by atoms with Crippen molar-refractivity contribution >= 4 is 17.3 Å². The van der Waals surface area contributed by atoms with Crippen LogP contribution in [-0.4, -0.2) is 31.8 Å². The lowest BCUT2D eigenvalue weighted by molar-refractivity contribution is -0.0835. The Hall–Kier alpha value is -1.07. The highest BCUT2D eigenvalue weighted by molar-refractivity contribution is 7.09. The van der Waals surface area contributed by atoms with E-state index in [4.69, 9.17) is 9.73 Å². The summed E-state index contributed by atoms with van der Waals surface area (Å²) in [5.41, 5.74) is 0.180. The Labute approximate surface area is 144 Å². The monoisotopic (exact) mass is 337 g/mol. The van der Waals surface area contributed by atoms with Crippen molar-refractivity contribution in [1.82, 2.24) is 10.6 Å². The molecule has 130 valence electrons. The Morgan fingerprint density at radius 1 is 1.39 bits per heavy atom. The summed E-state index contributed by atoms with van der Waals surface area (Å²) in [6, 6.07) is 4.20. The maximum Gasteiger partial charge on any atom is 0.191 e. The minimum Gasteiger partial charge on any atom is -0.377 e. The minimum absolute atomic E-state index is 0.180. The van der Waals surface area contributed by atoms with E-state index in [2.05, 4.69) is 55.8 Å². The summed E-state index contributed by atoms with van der Waals surface area (Å²) in [7, 11) is 0. The average molecular weight is 338 g/mol. The maximum absolute atomic E-state index is 6.07. The van der Waals surface area contributed by atoms with E-state index in [-0.39, 0.29) is 5.41 Å². The van der Waals surface area contributed by atoms with Crippen molar-refractivity contribution < 1.29 is 4.74 Å². The molecular formula is C18H31N3OS. The second-order valence-corrected chi connectivity index (χ2v) is 8.25. The average Bonchev–Trinajstić information content (AvgIpc) is 3.03. The van der Waals surface area contributed by atoms with Crippen molar-refractivity contribution in [1.29, 1.82) is 0 Å². The van der Waals surface area contributed by atoms with Crippen molar-refractivity contribution in [3.63, 3.8) is 0 Å². The molecular weight excluding hydrogens is 306 g/mol. The smallest absolute Gasteiger partial charge is 0.191 e. The molecule has 4 nitrogen and oxygen atoms in total. The number of hydrogen-bond donors (Lipinski definition) is 2. The van der Waals surface area contributed by atoms with Crippen LogP contribution in [0.2, 0.25) is 0 Å². The van der Waals surface area contributed by atoms with Gasteiger partial charge in [0.25, 0.3) is 0 Å². The van der Waals surface area contributed by atoms with Crippen LogP contribution in [-0.2, 0) is 11.3 Å². The van der Waals surface area contributed by atoms with Crippen molar-refractivity contribution in [2.45, 2.75) is 53.2 Å². The highest BCUT2D eigenvalue weighted by Gasteiger charge is 2.35. The zero-order valence-corrected chi connectivity index (χ0v) is 15.7. The standard InChI is InChI=1S/C18H31N3OS/c1-5-19-17(21-13-15-9-7-11-23-15)20-12-14-8-6-10-22-16(14)18(2,3)4/h7,9,11,14,16H,5-6,8,10,12-13H2,1-4H3,(H2,19,20,21). The van der Waals surface area contributed by atoms with E-state index in [9.17, 15) is 0 Å². The number of guanidine groups is 1. The molecule has 1 aliphatic heterocycles. The molecule has 2 heterocycles. The third kappa shape index (κ3) is 5.81. The summed E-state index contributed by atoms with van der Waals surface area (Å²) in [5, 5.41) is 8.96. The van der Waals surface area contributed by atoms with Gasteiger partial charge in [0.05, 0.1) is 12.6 Å². The zero-order chi connectivity index (χ0) is 16.7. The van der Waals surface area contributed by atoms with Gasteiger partial charge in [-0.2, -0.15) is 0 Å². The van der Waals surface area contributed by atoms with Gasteiger partial charge in [-0.1, -0.05) is 26.8 Å². The van der Waals surface area contributed by atoms with Crippen LogP contribution in [0.1, 0.15) is 45.4 Å². The van der Waals surface area contributed by atoms with Crippen LogP contribution < -0.4 is 10.6 Å². The fourth-order valence-electron chi connectivity index (χ4n) is 3.14. The topological polar surface area (TPSA) is 45.7 Å². The van der Waals surface area contributed by atoms with Gasteiger partial charge in [-0.3, -0.25) is 0 Å². The van der Waals surface area contributed by atoms with Crippen LogP contribution in [0.4, 0.5) is 0 Å². The molecule has 1 aliphatic rings. The molecule has 5 heteroatoms. The number of aliphatic imine (C=N–C) groups is 1. The second kappa shape index (κ2) is 8.69. The predicted octanol–water partition coefficient (Wildman–Crippen LogP) is 3.64. The molecule has 2 atom stereocenters. The van der Waals surface area contributed by atoms with Crippen LogP contribution in [0, 0.1) is 11.3 Å². The Bertz CT molecular complexity index is 479. The Balaban J connectivity index is 1.92. The normalized spacial score (nSPS) is 22.9. The summed E-state index contributed by atoms with van der Waals surface area (Å²) < 4.78 is 6.07. The van der Waals surface area contributed by atoms with Gasteiger partial charge in [0.15, 0.2) is 5.96 Å². The van der Waals surface area contributed by atoms with E-state index >= 15 is 0 Å². The molecule has 1 aromatic rings. The molecule has 0 saturated carbocycles. The summed E-state index contributed by atoms with van der Waals surface area (Å²) >= 11 is 1.75. The van der Waals surface area contributed by atoms with Crippen LogP contribution in [0.5, 0.6) is 0 Å². The highest BCUT2D eigenvalue weighted by atomic mass is 32.1. The van der Waals surface area contributed by atoms with Crippen LogP contribution in [0.25, 0.3) is 0 Å². The number of nitrogens with one attached hydrogen (secondary N) is 2. The molecule has 0 spiro atoms. The van der Waals surface area contributed by atoms with E-state index in [1.165, 1.54) is 11.3 Å². The first-order valence-electron chi connectivity index (χ1n) is 8.67. The quantitative estimate of drug-likeness (QED) is 0.637. The van der Waals surface area contributed by atoms with Crippen LogP contribution in [0.15, 0.2) is 22.5 Å². The van der Waals surface area contributed by atoms with Crippen molar-refractivity contribution in [2.75, 3.05) is 19.7 Å². The van der Waals surface area contributed by atoms with Gasteiger partial charge >= 0.3 is 0 Å². The van der Waals surface area contributed by atoms with Gasteiger partial charge in [-0.25, -0.2) is 4.99 Å². The molecule has 1 fully saturated rings. The first kappa shape index (κ1) is 18.3. The SMILES string of the molecule is CCNC(=NCc1cccs1)NCC1CCCOC1C(C)(C)C. The predicted molar refractivity (Wildman–Crippen MR) is 99.1 cm³/mol. The van der Waals surface area contributed by atoms with E-state index in [1.807, 2.05) is 0 Å². The Morgan fingerprint density at radius 2 is 2.22 bits per heavy atom. The number of thiophene rings is 1. The third-order valence-electron chi connectivity index (χ3n) is 4.15. The Kier molecular flexibility index (Phi) is 6.90. The van der Waals surface area contributed by atoms with E-state index < -0.39 is 0 Å². The fourth-order valence-corrected chi connectivity index (χ4v) is 3.77. The van der Waals surface area contributed by atoms with E-state index in [0.717, 1.165) is 38.6 Å². The summed E-state index contributed by atoms with van der Waals surface area (Å²) in [4.78, 5) is 5.98. The number of ether oxygens (including phenoxy) is 1. The first-order chi connectivity index (χ1) is 11.0. The van der Waals surface area contributed by atoms with Crippen molar-refractivity contribution in [3.8, 4) is 0 Å². The second-order valence-electron chi connectivity index (χ2n) is 7.22. The minimum atomic E-state index is 0.180. The summed E-state index contributed by atoms with van der Waals surface area (Å²) in [5.74, 6) is 1.44. The molecule has 0 radical (unpaired) electrons. The van der Waals surface area contributed by atoms with Gasteiger partial charge in [0.1, 0.15) is 0 Å². The highest BCUT2D eigenvalue weighted by Crippen LogP contribution is 2.33. The van der Waals surface area contributed by atoms with Gasteiger partial charge in [0.2, 0.25) is 0 Å². The Morgan fingerprint density at radius 3 is 2.87 bits per heavy atom. The van der Waals surface area contributed by atoms with Gasteiger partial charge < -0.3 is 15.4 Å². The summed E-state index contributed by atoms with van der Waals surface area (Å²) in [6.45, 7) is 12.3. The molecule has 0 aliphatic carbocycles. The summed E-state index contributed by atoms with van der Waals surface area (Å²) in [6.07, 6.45) is 2.69. The molecule has 2 rings (SSSR count). The molecule has 0 bridgehead atoms. The van der Waals surface area contributed by atoms with Gasteiger partial charge in [-0.15, -0.1) is 11.3 Å². The lowest BCUT2D eigenvalue weighted by Crippen LogP contribution is -2.47. The van der Waals surface area contributed by atoms with Gasteiger partial charge in [-0.05, 0) is 36.6 Å². The lowest BCUT2D eigenvalue weighted by Gasteiger charge is -2.40. The number of hydrogen-bond acceptors (Lipinski definition) is 3. The lowest BCUT2D eigenvalue weighted by atomic mass is 9.78. The van der Waals surface area contributed by atoms with Crippen LogP contribution >= 0.6 is 11.3 Å². The van der Waals surface area contributed by atoms with Crippen molar-refractivity contribution in [3.05, 3.63) is 22.4 Å². The van der Waals surface area contributed by atoms with Gasteiger partial charge in [0, 0.05) is 30.5 Å². The molecule has 1 saturated heterocycles. The zero-order valence-electron chi connectivity index (χ0n) is 14.9. The molecule has 0 amide bonds.